The fourth-order valence-corrected chi connectivity index (χ4v) is 2.50. The number of nitrogens with zero attached hydrogens (tertiary/aromatic N) is 3. The fourth-order valence-electron chi connectivity index (χ4n) is 1.88. The Bertz CT molecular complexity index is 668. The molecule has 0 aliphatic heterocycles. The molecule has 1 atom stereocenters. The van der Waals surface area contributed by atoms with E-state index in [1.807, 2.05) is 6.92 Å². The normalized spacial score (nSPS) is 12.5. The molecular formula is C12H16N4O3S. The van der Waals surface area contributed by atoms with Gasteiger partial charge in [-0.05, 0) is 0 Å². The van der Waals surface area contributed by atoms with Gasteiger partial charge in [-0.15, -0.1) is 0 Å². The van der Waals surface area contributed by atoms with Gasteiger partial charge in [0.2, 0.25) is 0 Å². The van der Waals surface area contributed by atoms with Crippen LogP contribution in [-0.2, 0) is 17.8 Å². The summed E-state index contributed by atoms with van der Waals surface area (Å²) >= 11 is 0. The number of aromatic nitrogens is 3. The Labute approximate surface area is 118 Å². The molecular weight excluding hydrogens is 280 g/mol. The number of carbonyl (C=O) groups is 1. The van der Waals surface area contributed by atoms with Crippen molar-refractivity contribution >= 4 is 33.5 Å². The van der Waals surface area contributed by atoms with Gasteiger partial charge in [-0.3, -0.25) is 8.89 Å². The van der Waals surface area contributed by atoms with Crippen LogP contribution in [0.4, 0.5) is 5.69 Å². The Morgan fingerprint density at radius 1 is 1.50 bits per heavy atom. The van der Waals surface area contributed by atoms with Crippen molar-refractivity contribution in [1.29, 1.82) is 0 Å². The molecule has 2 heterocycles. The summed E-state index contributed by atoms with van der Waals surface area (Å²) in [5.41, 5.74) is 1.17. The zero-order valence-electron chi connectivity index (χ0n) is 11.3. The topological polar surface area (TPSA) is 97.1 Å². The number of aromatic carboxylic acids is 1. The molecule has 0 spiro atoms. The first-order valence-corrected chi connectivity index (χ1v) is 7.66. The van der Waals surface area contributed by atoms with Gasteiger partial charge >= 0.3 is 5.97 Å². The van der Waals surface area contributed by atoms with Crippen LogP contribution in [-0.4, -0.2) is 48.1 Å². The molecule has 1 unspecified atom stereocenters. The molecule has 2 N–H and O–H groups in total. The smallest absolute Gasteiger partial charge is 0.339 e. The van der Waals surface area contributed by atoms with E-state index in [1.54, 1.807) is 17.9 Å². The molecule has 0 saturated carbocycles. The van der Waals surface area contributed by atoms with Crippen molar-refractivity contribution in [3.05, 3.63) is 18.0 Å². The summed E-state index contributed by atoms with van der Waals surface area (Å²) in [6.45, 7) is 2.29. The summed E-state index contributed by atoms with van der Waals surface area (Å²) in [4.78, 5) is 15.4. The van der Waals surface area contributed by atoms with Gasteiger partial charge in [0.15, 0.2) is 5.65 Å². The first kappa shape index (κ1) is 14.4. The van der Waals surface area contributed by atoms with Gasteiger partial charge < -0.3 is 10.4 Å². The highest BCUT2D eigenvalue weighted by atomic mass is 32.2. The van der Waals surface area contributed by atoms with Crippen LogP contribution >= 0.6 is 0 Å². The van der Waals surface area contributed by atoms with E-state index >= 15 is 0 Å². The number of rotatable bonds is 6. The van der Waals surface area contributed by atoms with Crippen molar-refractivity contribution in [1.82, 2.24) is 14.8 Å². The number of nitrogens with one attached hydrogen (secondary N) is 1. The molecule has 20 heavy (non-hydrogen) atoms. The summed E-state index contributed by atoms with van der Waals surface area (Å²) in [6, 6.07) is 0. The van der Waals surface area contributed by atoms with Crippen LogP contribution in [0.15, 0.2) is 12.4 Å². The average Bonchev–Trinajstić information content (AvgIpc) is 2.80. The lowest BCUT2D eigenvalue weighted by Crippen LogP contribution is -2.15. The van der Waals surface area contributed by atoms with Gasteiger partial charge in [0.05, 0.1) is 17.3 Å². The minimum atomic E-state index is -1.05. The minimum Gasteiger partial charge on any atom is -0.478 e. The monoisotopic (exact) mass is 296 g/mol. The molecule has 0 bridgehead atoms. The average molecular weight is 296 g/mol. The standard InChI is InChI=1S/C12H16N4O3S/c1-3-20(19)5-4-13-10-8-7-15-16(2)11(8)14-6-9(10)12(17)18/h6-7H,3-5H2,1-2H3,(H,13,14)(H,17,18). The minimum absolute atomic E-state index is 0.0905. The Morgan fingerprint density at radius 3 is 2.90 bits per heavy atom. The second kappa shape index (κ2) is 6.00. The van der Waals surface area contributed by atoms with Crippen LogP contribution in [0.5, 0.6) is 0 Å². The van der Waals surface area contributed by atoms with Gasteiger partial charge in [-0.1, -0.05) is 6.92 Å². The van der Waals surface area contributed by atoms with Crippen LogP contribution in [0, 0.1) is 0 Å². The zero-order chi connectivity index (χ0) is 14.7. The molecule has 0 radical (unpaired) electrons. The molecule has 0 aromatic carbocycles. The van der Waals surface area contributed by atoms with Crippen LogP contribution in [0.1, 0.15) is 17.3 Å². The fraction of sp³-hybridized carbons (Fsp3) is 0.417. The summed E-state index contributed by atoms with van der Waals surface area (Å²) in [5, 5.41) is 17.0. The van der Waals surface area contributed by atoms with E-state index in [0.29, 0.717) is 34.8 Å². The van der Waals surface area contributed by atoms with Crippen molar-refractivity contribution in [3.63, 3.8) is 0 Å². The highest BCUT2D eigenvalue weighted by molar-refractivity contribution is 7.84. The number of hydrogen-bond acceptors (Lipinski definition) is 5. The van der Waals surface area contributed by atoms with E-state index in [4.69, 9.17) is 0 Å². The predicted octanol–water partition coefficient (Wildman–Crippen LogP) is 0.847. The van der Waals surface area contributed by atoms with Crippen LogP contribution in [0.25, 0.3) is 11.0 Å². The molecule has 2 aromatic heterocycles. The zero-order valence-corrected chi connectivity index (χ0v) is 12.1. The van der Waals surface area contributed by atoms with E-state index in [2.05, 4.69) is 15.4 Å². The third-order valence-electron chi connectivity index (χ3n) is 2.95. The van der Waals surface area contributed by atoms with Gasteiger partial charge in [0, 0.05) is 42.1 Å². The highest BCUT2D eigenvalue weighted by Crippen LogP contribution is 2.25. The molecule has 0 fully saturated rings. The van der Waals surface area contributed by atoms with Crippen molar-refractivity contribution in [2.45, 2.75) is 6.92 Å². The van der Waals surface area contributed by atoms with Crippen LogP contribution in [0.2, 0.25) is 0 Å². The molecule has 0 amide bonds. The van der Waals surface area contributed by atoms with E-state index in [0.717, 1.165) is 0 Å². The van der Waals surface area contributed by atoms with Crippen molar-refractivity contribution in [2.75, 3.05) is 23.4 Å². The maximum atomic E-state index is 11.4. The molecule has 0 aliphatic carbocycles. The van der Waals surface area contributed by atoms with E-state index in [9.17, 15) is 14.1 Å². The number of fused-ring (bicyclic) bond motifs is 1. The van der Waals surface area contributed by atoms with Gasteiger partial charge in [-0.25, -0.2) is 9.78 Å². The number of pyridine rings is 1. The van der Waals surface area contributed by atoms with Crippen LogP contribution in [0.3, 0.4) is 0 Å². The lowest BCUT2D eigenvalue weighted by molar-refractivity contribution is 0.0697. The Kier molecular flexibility index (Phi) is 4.33. The van der Waals surface area contributed by atoms with E-state index in [1.165, 1.54) is 6.20 Å². The molecule has 7 nitrogen and oxygen atoms in total. The first-order chi connectivity index (χ1) is 9.54. The number of anilines is 1. The number of carboxylic acid groups (broad SMARTS) is 1. The molecule has 2 aromatic rings. The Morgan fingerprint density at radius 2 is 2.25 bits per heavy atom. The summed E-state index contributed by atoms with van der Waals surface area (Å²) < 4.78 is 13.0. The number of carboxylic acids is 1. The summed E-state index contributed by atoms with van der Waals surface area (Å²) in [5.74, 6) is 0.00790. The van der Waals surface area contributed by atoms with Crippen LogP contribution < -0.4 is 5.32 Å². The molecule has 2 rings (SSSR count). The third kappa shape index (κ3) is 2.79. The maximum absolute atomic E-state index is 11.4. The number of hydrogen-bond donors (Lipinski definition) is 2. The van der Waals surface area contributed by atoms with E-state index < -0.39 is 16.8 Å². The Balaban J connectivity index is 2.34. The summed E-state index contributed by atoms with van der Waals surface area (Å²) in [7, 11) is 0.849. The second-order valence-electron chi connectivity index (χ2n) is 4.22. The number of aryl methyl sites for hydroxylation is 1. The third-order valence-corrected chi connectivity index (χ3v) is 4.25. The Hall–Kier alpha value is -1.96. The van der Waals surface area contributed by atoms with Gasteiger partial charge in [0.1, 0.15) is 5.56 Å². The summed E-state index contributed by atoms with van der Waals surface area (Å²) in [6.07, 6.45) is 2.89. The van der Waals surface area contributed by atoms with Crippen molar-refractivity contribution < 1.29 is 14.1 Å². The molecule has 108 valence electrons. The molecule has 8 heteroatoms. The maximum Gasteiger partial charge on any atom is 0.339 e. The lowest BCUT2D eigenvalue weighted by Gasteiger charge is -2.10. The second-order valence-corrected chi connectivity index (χ2v) is 6.08. The van der Waals surface area contributed by atoms with E-state index in [-0.39, 0.29) is 5.56 Å². The molecule has 0 aliphatic rings. The highest BCUT2D eigenvalue weighted by Gasteiger charge is 2.16. The molecule has 0 saturated heterocycles. The SMILES string of the molecule is CCS(=O)CCNc1c(C(=O)O)cnc2c1cnn2C. The quantitative estimate of drug-likeness (QED) is 0.820. The van der Waals surface area contributed by atoms with Gasteiger partial charge in [-0.2, -0.15) is 5.10 Å². The first-order valence-electron chi connectivity index (χ1n) is 6.17. The predicted molar refractivity (Wildman–Crippen MR) is 77.5 cm³/mol. The van der Waals surface area contributed by atoms with Gasteiger partial charge in [0.25, 0.3) is 0 Å². The lowest BCUT2D eigenvalue weighted by atomic mass is 10.2. The van der Waals surface area contributed by atoms with Crippen molar-refractivity contribution in [2.24, 2.45) is 7.05 Å². The van der Waals surface area contributed by atoms with Crippen molar-refractivity contribution in [3.8, 4) is 0 Å². The largest absolute Gasteiger partial charge is 0.478 e.